The molecule has 0 saturated heterocycles. The van der Waals surface area contributed by atoms with Crippen molar-refractivity contribution >= 4 is 5.91 Å². The van der Waals surface area contributed by atoms with Gasteiger partial charge in [0, 0.05) is 18.5 Å². The summed E-state index contributed by atoms with van der Waals surface area (Å²) in [5, 5.41) is 3.07. The van der Waals surface area contributed by atoms with Crippen LogP contribution >= 0.6 is 0 Å². The largest absolute Gasteiger partial charge is 0.497 e. The van der Waals surface area contributed by atoms with E-state index in [-0.39, 0.29) is 18.0 Å². The van der Waals surface area contributed by atoms with Crippen molar-refractivity contribution in [3.05, 3.63) is 29.8 Å². The predicted molar refractivity (Wildman–Crippen MR) is 79.7 cm³/mol. The van der Waals surface area contributed by atoms with Crippen LogP contribution in [0.4, 0.5) is 0 Å². The predicted octanol–water partition coefficient (Wildman–Crippen LogP) is 2.01. The lowest BCUT2D eigenvalue weighted by Gasteiger charge is -2.29. The van der Waals surface area contributed by atoms with Gasteiger partial charge < -0.3 is 15.8 Å². The molecule has 0 bridgehead atoms. The fraction of sp³-hybridized carbons (Fsp3) is 0.562. The third-order valence-electron chi connectivity index (χ3n) is 3.97. The first-order valence-corrected chi connectivity index (χ1v) is 7.37. The molecule has 0 aromatic heterocycles. The summed E-state index contributed by atoms with van der Waals surface area (Å²) in [7, 11) is 1.65. The minimum absolute atomic E-state index is 0.100. The summed E-state index contributed by atoms with van der Waals surface area (Å²) >= 11 is 0. The number of carbonyl (C=O) groups is 1. The van der Waals surface area contributed by atoms with Crippen LogP contribution in [0.1, 0.15) is 37.7 Å². The van der Waals surface area contributed by atoms with Crippen LogP contribution < -0.4 is 15.8 Å². The molecule has 1 amide bonds. The van der Waals surface area contributed by atoms with Crippen LogP contribution in [0.15, 0.2) is 24.3 Å². The molecule has 3 N–H and O–H groups in total. The highest BCUT2D eigenvalue weighted by Crippen LogP contribution is 2.17. The minimum atomic E-state index is 0.100. The van der Waals surface area contributed by atoms with Crippen molar-refractivity contribution in [2.75, 3.05) is 7.11 Å². The van der Waals surface area contributed by atoms with Crippen LogP contribution in [0.2, 0.25) is 0 Å². The number of hydrogen-bond acceptors (Lipinski definition) is 3. The number of benzene rings is 1. The molecular weight excluding hydrogens is 252 g/mol. The van der Waals surface area contributed by atoms with Gasteiger partial charge >= 0.3 is 0 Å². The third kappa shape index (κ3) is 4.23. The molecule has 1 aliphatic carbocycles. The van der Waals surface area contributed by atoms with Gasteiger partial charge in [-0.2, -0.15) is 0 Å². The molecule has 1 aromatic rings. The van der Waals surface area contributed by atoms with Gasteiger partial charge in [-0.05, 0) is 37.0 Å². The Bertz CT molecular complexity index is 431. The van der Waals surface area contributed by atoms with Gasteiger partial charge in [-0.15, -0.1) is 0 Å². The number of methoxy groups -OCH3 is 1. The van der Waals surface area contributed by atoms with Crippen molar-refractivity contribution in [3.63, 3.8) is 0 Å². The zero-order valence-electron chi connectivity index (χ0n) is 12.1. The van der Waals surface area contributed by atoms with E-state index in [2.05, 4.69) is 5.32 Å². The SMILES string of the molecule is COc1ccc(CCC(=O)N[C@@H]2CCCC[C@H]2N)cc1. The zero-order valence-corrected chi connectivity index (χ0v) is 12.1. The summed E-state index contributed by atoms with van der Waals surface area (Å²) in [4.78, 5) is 12.0. The Kier molecular flexibility index (Phi) is 5.41. The summed E-state index contributed by atoms with van der Waals surface area (Å²) in [6.45, 7) is 0. The van der Waals surface area contributed by atoms with E-state index in [1.165, 1.54) is 6.42 Å². The fourth-order valence-corrected chi connectivity index (χ4v) is 2.67. The number of amides is 1. The van der Waals surface area contributed by atoms with Gasteiger partial charge in [0.1, 0.15) is 5.75 Å². The van der Waals surface area contributed by atoms with Gasteiger partial charge in [0.25, 0.3) is 0 Å². The quantitative estimate of drug-likeness (QED) is 0.864. The first-order chi connectivity index (χ1) is 9.69. The number of rotatable bonds is 5. The molecule has 0 aliphatic heterocycles. The summed E-state index contributed by atoms with van der Waals surface area (Å²) in [6, 6.07) is 8.12. The minimum Gasteiger partial charge on any atom is -0.497 e. The van der Waals surface area contributed by atoms with E-state index in [0.29, 0.717) is 6.42 Å². The normalized spacial score (nSPS) is 22.3. The average molecular weight is 276 g/mol. The Hall–Kier alpha value is -1.55. The summed E-state index contributed by atoms with van der Waals surface area (Å²) in [5.74, 6) is 0.939. The Morgan fingerprint density at radius 2 is 2.00 bits per heavy atom. The van der Waals surface area contributed by atoms with Crippen molar-refractivity contribution < 1.29 is 9.53 Å². The smallest absolute Gasteiger partial charge is 0.220 e. The molecule has 2 rings (SSSR count). The van der Waals surface area contributed by atoms with E-state index in [1.807, 2.05) is 24.3 Å². The molecule has 1 fully saturated rings. The van der Waals surface area contributed by atoms with Crippen molar-refractivity contribution in [2.24, 2.45) is 5.73 Å². The first-order valence-electron chi connectivity index (χ1n) is 7.37. The van der Waals surface area contributed by atoms with Crippen molar-refractivity contribution in [2.45, 2.75) is 50.6 Å². The Balaban J connectivity index is 1.76. The van der Waals surface area contributed by atoms with Crippen LogP contribution in [-0.4, -0.2) is 25.1 Å². The van der Waals surface area contributed by atoms with Gasteiger partial charge in [-0.3, -0.25) is 4.79 Å². The molecule has 1 aliphatic rings. The van der Waals surface area contributed by atoms with Crippen LogP contribution in [0.5, 0.6) is 5.75 Å². The lowest BCUT2D eigenvalue weighted by atomic mass is 9.91. The lowest BCUT2D eigenvalue weighted by Crippen LogP contribution is -2.49. The highest BCUT2D eigenvalue weighted by atomic mass is 16.5. The van der Waals surface area contributed by atoms with Gasteiger partial charge in [-0.25, -0.2) is 0 Å². The zero-order chi connectivity index (χ0) is 14.4. The second kappa shape index (κ2) is 7.29. The molecule has 1 aromatic carbocycles. The van der Waals surface area contributed by atoms with Gasteiger partial charge in [0.05, 0.1) is 7.11 Å². The molecule has 20 heavy (non-hydrogen) atoms. The molecular formula is C16H24N2O2. The maximum atomic E-state index is 12.0. The fourth-order valence-electron chi connectivity index (χ4n) is 2.67. The molecule has 0 radical (unpaired) electrons. The number of nitrogens with two attached hydrogens (primary N) is 1. The molecule has 110 valence electrons. The van der Waals surface area contributed by atoms with E-state index >= 15 is 0 Å². The summed E-state index contributed by atoms with van der Waals surface area (Å²) in [5.41, 5.74) is 7.19. The average Bonchev–Trinajstić information content (AvgIpc) is 2.48. The second-order valence-electron chi connectivity index (χ2n) is 5.47. The number of hydrogen-bond donors (Lipinski definition) is 2. The molecule has 4 nitrogen and oxygen atoms in total. The Morgan fingerprint density at radius 1 is 1.30 bits per heavy atom. The van der Waals surface area contributed by atoms with E-state index in [1.54, 1.807) is 7.11 Å². The molecule has 4 heteroatoms. The molecule has 0 unspecified atom stereocenters. The monoisotopic (exact) mass is 276 g/mol. The van der Waals surface area contributed by atoms with E-state index in [0.717, 1.165) is 37.0 Å². The van der Waals surface area contributed by atoms with Crippen LogP contribution in [0.3, 0.4) is 0 Å². The van der Waals surface area contributed by atoms with Crippen molar-refractivity contribution in [3.8, 4) is 5.75 Å². The Labute approximate surface area is 120 Å². The highest BCUT2D eigenvalue weighted by Gasteiger charge is 2.22. The van der Waals surface area contributed by atoms with Gasteiger partial charge in [0.2, 0.25) is 5.91 Å². The van der Waals surface area contributed by atoms with Gasteiger partial charge in [-0.1, -0.05) is 25.0 Å². The maximum Gasteiger partial charge on any atom is 0.220 e. The van der Waals surface area contributed by atoms with Gasteiger partial charge in [0.15, 0.2) is 0 Å². The Morgan fingerprint density at radius 3 is 2.65 bits per heavy atom. The number of nitrogens with one attached hydrogen (secondary N) is 1. The van der Waals surface area contributed by atoms with Crippen molar-refractivity contribution in [1.82, 2.24) is 5.32 Å². The number of aryl methyl sites for hydroxylation is 1. The highest BCUT2D eigenvalue weighted by molar-refractivity contribution is 5.76. The van der Waals surface area contributed by atoms with Crippen LogP contribution in [-0.2, 0) is 11.2 Å². The topological polar surface area (TPSA) is 64.3 Å². The van der Waals surface area contributed by atoms with Crippen LogP contribution in [0.25, 0.3) is 0 Å². The van der Waals surface area contributed by atoms with Crippen molar-refractivity contribution in [1.29, 1.82) is 0 Å². The number of carbonyl (C=O) groups excluding carboxylic acids is 1. The van der Waals surface area contributed by atoms with E-state index in [9.17, 15) is 4.79 Å². The van der Waals surface area contributed by atoms with Crippen LogP contribution in [0, 0.1) is 0 Å². The summed E-state index contributed by atoms with van der Waals surface area (Å²) in [6.07, 6.45) is 5.63. The molecule has 1 saturated carbocycles. The molecule has 2 atom stereocenters. The van der Waals surface area contributed by atoms with E-state index < -0.39 is 0 Å². The first kappa shape index (κ1) is 14.9. The second-order valence-corrected chi connectivity index (χ2v) is 5.47. The third-order valence-corrected chi connectivity index (χ3v) is 3.97. The molecule has 0 spiro atoms. The summed E-state index contributed by atoms with van der Waals surface area (Å²) < 4.78 is 5.11. The maximum absolute atomic E-state index is 12.0. The lowest BCUT2D eigenvalue weighted by molar-refractivity contribution is -0.122. The number of ether oxygens (including phenoxy) is 1. The standard InChI is InChI=1S/C16H24N2O2/c1-20-13-9-6-12(7-10-13)8-11-16(19)18-15-5-3-2-4-14(15)17/h6-7,9-10,14-15H,2-5,8,11,17H2,1H3,(H,18,19)/t14-,15-/m1/s1. The molecule has 0 heterocycles. The van der Waals surface area contributed by atoms with E-state index in [4.69, 9.17) is 10.5 Å².